The van der Waals surface area contributed by atoms with Gasteiger partial charge >= 0.3 is 0 Å². The van der Waals surface area contributed by atoms with Crippen LogP contribution in [0.25, 0.3) is 0 Å². The van der Waals surface area contributed by atoms with E-state index in [1.54, 1.807) is 17.8 Å². The number of fused-ring (bicyclic) bond motifs is 1. The molecule has 0 fully saturated rings. The minimum Gasteiger partial charge on any atom is -0.483 e. The van der Waals surface area contributed by atoms with Crippen molar-refractivity contribution in [3.8, 4) is 5.75 Å². The Hall–Kier alpha value is -2.34. The molecule has 3 rings (SSSR count). The average molecular weight is 386 g/mol. The van der Waals surface area contributed by atoms with E-state index in [9.17, 15) is 9.18 Å². The Morgan fingerprint density at radius 2 is 2.11 bits per heavy atom. The van der Waals surface area contributed by atoms with Crippen LogP contribution in [-0.4, -0.2) is 24.0 Å². The molecule has 0 aliphatic carbocycles. The van der Waals surface area contributed by atoms with Crippen LogP contribution in [0.4, 0.5) is 4.39 Å². The SMILES string of the molecule is Cc1ccc(C(C)C)c(OCC(=O)NN=C2CCSc3ccc(F)cc32)c1. The number of benzene rings is 2. The third kappa shape index (κ3) is 4.89. The van der Waals surface area contributed by atoms with Crippen LogP contribution < -0.4 is 10.2 Å². The highest BCUT2D eigenvalue weighted by Crippen LogP contribution is 2.30. The Labute approximate surface area is 163 Å². The highest BCUT2D eigenvalue weighted by molar-refractivity contribution is 7.99. The van der Waals surface area contributed by atoms with Gasteiger partial charge < -0.3 is 4.74 Å². The molecule has 0 spiro atoms. The number of carbonyl (C=O) groups excluding carboxylic acids is 1. The van der Waals surface area contributed by atoms with Gasteiger partial charge in [0.1, 0.15) is 11.6 Å². The van der Waals surface area contributed by atoms with E-state index in [0.717, 1.165) is 27.3 Å². The van der Waals surface area contributed by atoms with Crippen molar-refractivity contribution in [2.24, 2.45) is 5.10 Å². The number of thioether (sulfide) groups is 1. The van der Waals surface area contributed by atoms with E-state index < -0.39 is 0 Å². The van der Waals surface area contributed by atoms with Gasteiger partial charge in [-0.15, -0.1) is 11.8 Å². The first-order valence-corrected chi connectivity index (χ1v) is 9.94. The third-order valence-corrected chi connectivity index (χ3v) is 5.39. The number of hydrogen-bond donors (Lipinski definition) is 1. The van der Waals surface area contributed by atoms with Gasteiger partial charge in [-0.05, 0) is 48.2 Å². The molecular weight excluding hydrogens is 363 g/mol. The second kappa shape index (κ2) is 8.57. The van der Waals surface area contributed by atoms with Gasteiger partial charge in [0.2, 0.25) is 0 Å². The van der Waals surface area contributed by atoms with Crippen LogP contribution in [0.2, 0.25) is 0 Å². The predicted molar refractivity (Wildman–Crippen MR) is 107 cm³/mol. The predicted octanol–water partition coefficient (Wildman–Crippen LogP) is 4.65. The summed E-state index contributed by atoms with van der Waals surface area (Å²) >= 11 is 1.66. The van der Waals surface area contributed by atoms with Crippen molar-refractivity contribution in [1.82, 2.24) is 5.43 Å². The lowest BCUT2D eigenvalue weighted by atomic mass is 10.0. The molecule has 2 aromatic rings. The summed E-state index contributed by atoms with van der Waals surface area (Å²) in [6, 6.07) is 10.6. The van der Waals surface area contributed by atoms with Crippen LogP contribution in [0.1, 0.15) is 42.9 Å². The number of ether oxygens (including phenoxy) is 1. The molecule has 6 heteroatoms. The van der Waals surface area contributed by atoms with Crippen LogP contribution in [0, 0.1) is 12.7 Å². The van der Waals surface area contributed by atoms with Crippen LogP contribution >= 0.6 is 11.8 Å². The highest BCUT2D eigenvalue weighted by Gasteiger charge is 2.17. The summed E-state index contributed by atoms with van der Waals surface area (Å²) in [6.07, 6.45) is 0.678. The van der Waals surface area contributed by atoms with E-state index in [0.29, 0.717) is 23.8 Å². The summed E-state index contributed by atoms with van der Waals surface area (Å²) in [4.78, 5) is 13.2. The molecule has 0 radical (unpaired) electrons. The van der Waals surface area contributed by atoms with Gasteiger partial charge in [-0.25, -0.2) is 9.82 Å². The molecule has 0 saturated carbocycles. The van der Waals surface area contributed by atoms with Crippen molar-refractivity contribution in [3.63, 3.8) is 0 Å². The second-order valence-electron chi connectivity index (χ2n) is 6.82. The first-order chi connectivity index (χ1) is 12.9. The molecule has 1 N–H and O–H groups in total. The largest absolute Gasteiger partial charge is 0.483 e. The van der Waals surface area contributed by atoms with Gasteiger partial charge in [0.05, 0.1) is 5.71 Å². The number of hydrogen-bond acceptors (Lipinski definition) is 4. The standard InChI is InChI=1S/C21H23FN2O2S/c1-13(2)16-6-4-14(3)10-19(16)26-12-21(25)24-23-18-8-9-27-20-7-5-15(22)11-17(18)20/h4-7,10-11,13H,8-9,12H2,1-3H3,(H,24,25). The van der Waals surface area contributed by atoms with Gasteiger partial charge in [-0.2, -0.15) is 5.10 Å². The number of rotatable bonds is 5. The summed E-state index contributed by atoms with van der Waals surface area (Å²) in [5.41, 5.74) is 6.11. The first kappa shape index (κ1) is 19.4. The fourth-order valence-electron chi connectivity index (χ4n) is 2.91. The molecule has 1 amide bonds. The maximum Gasteiger partial charge on any atom is 0.277 e. The molecule has 0 saturated heterocycles. The zero-order valence-corrected chi connectivity index (χ0v) is 16.5. The smallest absolute Gasteiger partial charge is 0.277 e. The number of nitrogens with zero attached hydrogens (tertiary/aromatic N) is 1. The van der Waals surface area contributed by atoms with Crippen LogP contribution in [0.3, 0.4) is 0 Å². The monoisotopic (exact) mass is 386 g/mol. The fourth-order valence-corrected chi connectivity index (χ4v) is 3.92. The molecule has 1 aliphatic heterocycles. The maximum atomic E-state index is 13.5. The van der Waals surface area contributed by atoms with Gasteiger partial charge in [0.25, 0.3) is 5.91 Å². The van der Waals surface area contributed by atoms with Crippen molar-refractivity contribution in [2.75, 3.05) is 12.4 Å². The molecule has 0 bridgehead atoms. The Morgan fingerprint density at radius 1 is 1.30 bits per heavy atom. The molecule has 142 valence electrons. The lowest BCUT2D eigenvalue weighted by Crippen LogP contribution is -2.27. The summed E-state index contributed by atoms with van der Waals surface area (Å²) < 4.78 is 19.3. The molecule has 27 heavy (non-hydrogen) atoms. The Morgan fingerprint density at radius 3 is 2.89 bits per heavy atom. The van der Waals surface area contributed by atoms with Crippen molar-refractivity contribution in [3.05, 3.63) is 58.9 Å². The van der Waals surface area contributed by atoms with E-state index in [4.69, 9.17) is 4.74 Å². The van der Waals surface area contributed by atoms with Gasteiger partial charge in [0, 0.05) is 22.6 Å². The first-order valence-electron chi connectivity index (χ1n) is 8.95. The van der Waals surface area contributed by atoms with Crippen molar-refractivity contribution in [2.45, 2.75) is 38.0 Å². The van der Waals surface area contributed by atoms with E-state index in [1.807, 2.05) is 25.1 Å². The average Bonchev–Trinajstić information content (AvgIpc) is 2.64. The van der Waals surface area contributed by atoms with Crippen LogP contribution in [0.5, 0.6) is 5.75 Å². The molecule has 1 aliphatic rings. The number of hydrazone groups is 1. The minimum absolute atomic E-state index is 0.120. The molecule has 0 unspecified atom stereocenters. The minimum atomic E-state index is -0.338. The zero-order chi connectivity index (χ0) is 19.4. The third-order valence-electron chi connectivity index (χ3n) is 4.31. The number of halogens is 1. The Bertz CT molecular complexity index is 880. The van der Waals surface area contributed by atoms with Gasteiger partial charge in [0.15, 0.2) is 6.61 Å². The fraction of sp³-hybridized carbons (Fsp3) is 0.333. The van der Waals surface area contributed by atoms with Crippen molar-refractivity contribution >= 4 is 23.4 Å². The van der Waals surface area contributed by atoms with Crippen molar-refractivity contribution < 1.29 is 13.9 Å². The zero-order valence-electron chi connectivity index (χ0n) is 15.7. The summed E-state index contributed by atoms with van der Waals surface area (Å²) in [6.45, 7) is 6.04. The van der Waals surface area contributed by atoms with Crippen molar-refractivity contribution in [1.29, 1.82) is 0 Å². The topological polar surface area (TPSA) is 50.7 Å². The quantitative estimate of drug-likeness (QED) is 0.761. The van der Waals surface area contributed by atoms with Gasteiger partial charge in [-0.1, -0.05) is 26.0 Å². The van der Waals surface area contributed by atoms with E-state index in [1.165, 1.54) is 12.1 Å². The van der Waals surface area contributed by atoms with Gasteiger partial charge in [-0.3, -0.25) is 4.79 Å². The lowest BCUT2D eigenvalue weighted by Gasteiger charge is -2.17. The van der Waals surface area contributed by atoms with Crippen LogP contribution in [-0.2, 0) is 4.79 Å². The summed E-state index contributed by atoms with van der Waals surface area (Å²) in [5, 5.41) is 4.21. The molecule has 0 atom stereocenters. The molecule has 1 heterocycles. The number of aryl methyl sites for hydroxylation is 1. The van der Waals surface area contributed by atoms with Crippen LogP contribution in [0.15, 0.2) is 46.4 Å². The molecular formula is C21H23FN2O2S. The Kier molecular flexibility index (Phi) is 6.16. The number of nitrogens with one attached hydrogen (secondary N) is 1. The molecule has 0 aromatic heterocycles. The summed E-state index contributed by atoms with van der Waals surface area (Å²) in [5.74, 6) is 1.23. The number of carbonyl (C=O) groups is 1. The molecule has 4 nitrogen and oxygen atoms in total. The molecule has 2 aromatic carbocycles. The lowest BCUT2D eigenvalue weighted by molar-refractivity contribution is -0.123. The highest BCUT2D eigenvalue weighted by atomic mass is 32.2. The van der Waals surface area contributed by atoms with E-state index >= 15 is 0 Å². The van der Waals surface area contributed by atoms with E-state index in [2.05, 4.69) is 24.4 Å². The normalized spacial score (nSPS) is 14.9. The number of amides is 1. The summed E-state index contributed by atoms with van der Waals surface area (Å²) in [7, 11) is 0. The van der Waals surface area contributed by atoms with E-state index in [-0.39, 0.29) is 18.3 Å². The maximum absolute atomic E-state index is 13.5. The Balaban J connectivity index is 1.66. The second-order valence-corrected chi connectivity index (χ2v) is 7.95.